The number of ketones is 1. The zero-order chi connectivity index (χ0) is 13.6. The summed E-state index contributed by atoms with van der Waals surface area (Å²) in [6, 6.07) is 0.980. The third kappa shape index (κ3) is 3.02. The van der Waals surface area contributed by atoms with E-state index in [-0.39, 0.29) is 11.0 Å². The molecule has 0 bridgehead atoms. The molecule has 18 heavy (non-hydrogen) atoms. The van der Waals surface area contributed by atoms with E-state index >= 15 is 0 Å². The van der Waals surface area contributed by atoms with Gasteiger partial charge in [-0.1, -0.05) is 12.8 Å². The summed E-state index contributed by atoms with van der Waals surface area (Å²) in [5.41, 5.74) is 0. The summed E-state index contributed by atoms with van der Waals surface area (Å²) >= 11 is 0. The first kappa shape index (κ1) is 15.8. The van der Waals surface area contributed by atoms with Gasteiger partial charge in [0.05, 0.1) is 0 Å². The maximum absolute atomic E-state index is 11.1. The molecule has 0 amide bonds. The molecule has 1 fully saturated rings. The van der Waals surface area contributed by atoms with E-state index < -0.39 is 8.56 Å². The van der Waals surface area contributed by atoms with Crippen LogP contribution >= 0.6 is 0 Å². The van der Waals surface area contributed by atoms with Gasteiger partial charge in [-0.15, -0.1) is 0 Å². The zero-order valence-corrected chi connectivity index (χ0v) is 13.1. The van der Waals surface area contributed by atoms with Gasteiger partial charge in [0, 0.05) is 27.8 Å². The molecule has 5 heteroatoms. The minimum Gasteiger partial charge on any atom is -0.396 e. The molecule has 0 N–H and O–H groups in total. The van der Waals surface area contributed by atoms with Crippen LogP contribution in [0, 0.1) is 0 Å². The molecular weight excluding hydrogens is 248 g/mol. The van der Waals surface area contributed by atoms with Crippen LogP contribution in [0.15, 0.2) is 0 Å². The van der Waals surface area contributed by atoms with E-state index in [4.69, 9.17) is 13.6 Å². The van der Waals surface area contributed by atoms with Crippen LogP contribution in [0.5, 0.6) is 0 Å². The molecule has 1 heterocycles. The molecule has 0 radical (unpaired) electrons. The molecule has 0 saturated carbocycles. The molecule has 1 aliphatic rings. The zero-order valence-electron chi connectivity index (χ0n) is 12.1. The van der Waals surface area contributed by atoms with Crippen molar-refractivity contribution >= 4 is 14.3 Å². The Kier molecular flexibility index (Phi) is 5.97. The van der Waals surface area contributed by atoms with Gasteiger partial charge in [0.15, 0.2) is 0 Å². The van der Waals surface area contributed by atoms with Crippen molar-refractivity contribution in [1.82, 2.24) is 0 Å². The number of methoxy groups -OCH3 is 1. The summed E-state index contributed by atoms with van der Waals surface area (Å²) in [4.78, 5) is 11.1. The smallest absolute Gasteiger partial charge is 0.370 e. The standard InChI is InChI=1S/C13H26O4Si/c1-12(14)8-7-10-13(15-2)9-5-6-11-18(13,16-3)17-4/h5-11H2,1-4H3. The largest absolute Gasteiger partial charge is 0.396 e. The Bertz CT molecular complexity index is 278. The molecule has 1 rings (SSSR count). The van der Waals surface area contributed by atoms with E-state index in [1.165, 1.54) is 0 Å². The van der Waals surface area contributed by atoms with Gasteiger partial charge in [0.2, 0.25) is 0 Å². The predicted molar refractivity (Wildman–Crippen MR) is 72.7 cm³/mol. The number of carbonyl (C=O) groups excluding carboxylic acids is 1. The maximum Gasteiger partial charge on any atom is 0.370 e. The van der Waals surface area contributed by atoms with Crippen molar-refractivity contribution in [2.75, 3.05) is 21.3 Å². The Morgan fingerprint density at radius 3 is 2.39 bits per heavy atom. The van der Waals surface area contributed by atoms with E-state index in [0.717, 1.165) is 38.1 Å². The van der Waals surface area contributed by atoms with Crippen molar-refractivity contribution in [2.24, 2.45) is 0 Å². The van der Waals surface area contributed by atoms with Gasteiger partial charge in [0.25, 0.3) is 0 Å². The normalized spacial score (nSPS) is 27.1. The van der Waals surface area contributed by atoms with Crippen molar-refractivity contribution in [3.8, 4) is 0 Å². The molecule has 0 aromatic heterocycles. The van der Waals surface area contributed by atoms with Crippen molar-refractivity contribution in [1.29, 1.82) is 0 Å². The highest BCUT2D eigenvalue weighted by molar-refractivity contribution is 6.70. The summed E-state index contributed by atoms with van der Waals surface area (Å²) in [6.45, 7) is 1.64. The van der Waals surface area contributed by atoms with Crippen LogP contribution in [0.3, 0.4) is 0 Å². The lowest BCUT2D eigenvalue weighted by atomic mass is 10.0. The lowest BCUT2D eigenvalue weighted by molar-refractivity contribution is -0.117. The molecule has 1 saturated heterocycles. The fourth-order valence-corrected chi connectivity index (χ4v) is 7.06. The van der Waals surface area contributed by atoms with Gasteiger partial charge in [-0.25, -0.2) is 0 Å². The number of rotatable bonds is 7. The molecule has 0 aromatic carbocycles. The van der Waals surface area contributed by atoms with Gasteiger partial charge in [-0.2, -0.15) is 0 Å². The fourth-order valence-electron chi connectivity index (χ4n) is 3.14. The summed E-state index contributed by atoms with van der Waals surface area (Å²) in [5, 5.41) is -0.288. The summed E-state index contributed by atoms with van der Waals surface area (Å²) in [6.07, 6.45) is 5.60. The fraction of sp³-hybridized carbons (Fsp3) is 0.923. The van der Waals surface area contributed by atoms with Crippen LogP contribution in [0.25, 0.3) is 0 Å². The van der Waals surface area contributed by atoms with Crippen molar-refractivity contribution in [3.05, 3.63) is 0 Å². The average Bonchev–Trinajstić information content (AvgIpc) is 2.38. The second-order valence-corrected chi connectivity index (χ2v) is 8.86. The van der Waals surface area contributed by atoms with Gasteiger partial charge in [0.1, 0.15) is 11.0 Å². The molecule has 0 aromatic rings. The number of hydrogen-bond donors (Lipinski definition) is 0. The topological polar surface area (TPSA) is 44.8 Å². The van der Waals surface area contributed by atoms with Crippen molar-refractivity contribution in [2.45, 2.75) is 56.7 Å². The third-order valence-electron chi connectivity index (χ3n) is 4.19. The average molecular weight is 274 g/mol. The second kappa shape index (κ2) is 6.80. The first-order valence-electron chi connectivity index (χ1n) is 6.71. The molecule has 1 unspecified atom stereocenters. The Morgan fingerprint density at radius 1 is 1.22 bits per heavy atom. The lowest BCUT2D eigenvalue weighted by Gasteiger charge is -2.48. The van der Waals surface area contributed by atoms with Crippen LogP contribution in [0.1, 0.15) is 45.4 Å². The lowest BCUT2D eigenvalue weighted by Crippen LogP contribution is -2.64. The summed E-state index contributed by atoms with van der Waals surface area (Å²) in [5.74, 6) is 0.235. The number of carbonyl (C=O) groups is 1. The Hall–Kier alpha value is -0.233. The van der Waals surface area contributed by atoms with Gasteiger partial charge in [-0.05, 0) is 32.2 Å². The van der Waals surface area contributed by atoms with Crippen LogP contribution < -0.4 is 0 Å². The Morgan fingerprint density at radius 2 is 1.89 bits per heavy atom. The highest BCUT2D eigenvalue weighted by Gasteiger charge is 2.58. The summed E-state index contributed by atoms with van der Waals surface area (Å²) < 4.78 is 17.5. The quantitative estimate of drug-likeness (QED) is 0.669. The number of ether oxygens (including phenoxy) is 1. The Labute approximate surface area is 111 Å². The van der Waals surface area contributed by atoms with E-state index in [2.05, 4.69) is 0 Å². The Balaban J connectivity index is 2.82. The van der Waals surface area contributed by atoms with Crippen molar-refractivity contribution < 1.29 is 18.4 Å². The molecular formula is C13H26O4Si. The molecule has 106 valence electrons. The highest BCUT2D eigenvalue weighted by Crippen LogP contribution is 2.42. The van der Waals surface area contributed by atoms with Crippen LogP contribution in [-0.4, -0.2) is 40.9 Å². The minimum absolute atomic E-state index is 0.235. The first-order valence-corrected chi connectivity index (χ1v) is 8.73. The summed E-state index contributed by atoms with van der Waals surface area (Å²) in [7, 11) is 2.90. The minimum atomic E-state index is -2.32. The van der Waals surface area contributed by atoms with Gasteiger partial charge >= 0.3 is 8.56 Å². The van der Waals surface area contributed by atoms with Crippen LogP contribution in [-0.2, 0) is 18.4 Å². The molecule has 0 spiro atoms. The van der Waals surface area contributed by atoms with Gasteiger partial charge in [-0.3, -0.25) is 0 Å². The van der Waals surface area contributed by atoms with E-state index in [1.54, 1.807) is 28.3 Å². The maximum atomic E-state index is 11.1. The van der Waals surface area contributed by atoms with E-state index in [9.17, 15) is 4.79 Å². The molecule has 1 aliphatic heterocycles. The van der Waals surface area contributed by atoms with Crippen LogP contribution in [0.2, 0.25) is 6.04 Å². The SMILES string of the molecule is COC1(CCCC(C)=O)CCCC[Si]1(OC)OC. The first-order chi connectivity index (χ1) is 8.56. The number of hydrogen-bond acceptors (Lipinski definition) is 4. The molecule has 4 nitrogen and oxygen atoms in total. The third-order valence-corrected chi connectivity index (χ3v) is 8.61. The van der Waals surface area contributed by atoms with Crippen LogP contribution in [0.4, 0.5) is 0 Å². The van der Waals surface area contributed by atoms with E-state index in [0.29, 0.717) is 6.42 Å². The van der Waals surface area contributed by atoms with E-state index in [1.807, 2.05) is 0 Å². The molecule has 1 atom stereocenters. The molecule has 0 aliphatic carbocycles. The monoisotopic (exact) mass is 274 g/mol. The predicted octanol–water partition coefficient (Wildman–Crippen LogP) is 2.59. The van der Waals surface area contributed by atoms with Crippen molar-refractivity contribution in [3.63, 3.8) is 0 Å². The second-order valence-electron chi connectivity index (χ2n) is 5.12. The highest BCUT2D eigenvalue weighted by atomic mass is 28.4. The number of Topliss-reactive ketones (excluding diaryl/α,β-unsaturated/α-hetero) is 1. The van der Waals surface area contributed by atoms with Gasteiger partial charge < -0.3 is 18.4 Å².